The van der Waals surface area contributed by atoms with E-state index in [0.29, 0.717) is 16.8 Å². The number of alkyl halides is 3. The lowest BCUT2D eigenvalue weighted by Gasteiger charge is -2.26. The summed E-state index contributed by atoms with van der Waals surface area (Å²) in [5, 5.41) is 2.83. The third-order valence-electron chi connectivity index (χ3n) is 5.25. The Morgan fingerprint density at radius 2 is 1.62 bits per heavy atom. The van der Waals surface area contributed by atoms with Gasteiger partial charge >= 0.3 is 6.18 Å². The molecule has 0 saturated heterocycles. The van der Waals surface area contributed by atoms with Crippen molar-refractivity contribution in [3.8, 4) is 0 Å². The van der Waals surface area contributed by atoms with Gasteiger partial charge in [-0.2, -0.15) is 13.2 Å². The molecule has 0 bridgehead atoms. The molecule has 0 aliphatic carbocycles. The van der Waals surface area contributed by atoms with Crippen molar-refractivity contribution >= 4 is 17.5 Å². The Hall–Kier alpha value is -3.61. The van der Waals surface area contributed by atoms with Crippen molar-refractivity contribution in [3.63, 3.8) is 0 Å². The predicted molar refractivity (Wildman–Crippen MR) is 117 cm³/mol. The minimum atomic E-state index is -4.46. The van der Waals surface area contributed by atoms with Gasteiger partial charge in [-0.25, -0.2) is 0 Å². The van der Waals surface area contributed by atoms with Crippen LogP contribution in [0.4, 0.5) is 18.9 Å². The standard InChI is InChI=1S/C25H23F3N2O2/c1-17(30(2)23(31)15-18-8-6-12-21(14-18)25(26,27)28)20-11-7-13-22(16-20)29-24(32)19-9-4-3-5-10-19/h3-14,16-17H,15H2,1-2H3,(H,29,32). The number of amides is 2. The number of hydrogen-bond donors (Lipinski definition) is 1. The van der Waals surface area contributed by atoms with E-state index in [4.69, 9.17) is 0 Å². The molecule has 3 aromatic carbocycles. The third kappa shape index (κ3) is 5.75. The third-order valence-corrected chi connectivity index (χ3v) is 5.25. The molecule has 0 radical (unpaired) electrons. The first kappa shape index (κ1) is 23.1. The maximum atomic E-state index is 12.9. The topological polar surface area (TPSA) is 49.4 Å². The summed E-state index contributed by atoms with van der Waals surface area (Å²) >= 11 is 0. The molecule has 1 atom stereocenters. The second-order valence-electron chi connectivity index (χ2n) is 7.50. The van der Waals surface area contributed by atoms with Gasteiger partial charge in [0.1, 0.15) is 0 Å². The largest absolute Gasteiger partial charge is 0.416 e. The monoisotopic (exact) mass is 440 g/mol. The smallest absolute Gasteiger partial charge is 0.339 e. The van der Waals surface area contributed by atoms with Crippen molar-refractivity contribution in [2.24, 2.45) is 0 Å². The molecule has 0 spiro atoms. The summed E-state index contributed by atoms with van der Waals surface area (Å²) in [5.41, 5.74) is 1.42. The van der Waals surface area contributed by atoms with Crippen LogP contribution in [0.25, 0.3) is 0 Å². The first-order chi connectivity index (χ1) is 15.1. The Morgan fingerprint density at radius 3 is 2.31 bits per heavy atom. The highest BCUT2D eigenvalue weighted by molar-refractivity contribution is 6.04. The van der Waals surface area contributed by atoms with E-state index in [1.165, 1.54) is 17.0 Å². The Kier molecular flexibility index (Phi) is 6.98. The number of likely N-dealkylation sites (N-methyl/N-ethyl adjacent to an activating group) is 1. The van der Waals surface area contributed by atoms with Crippen molar-refractivity contribution in [2.45, 2.75) is 25.6 Å². The van der Waals surface area contributed by atoms with Crippen LogP contribution in [0.5, 0.6) is 0 Å². The summed E-state index contributed by atoms with van der Waals surface area (Å²) in [7, 11) is 1.61. The number of halogens is 3. The van der Waals surface area contributed by atoms with Crippen LogP contribution in [0.1, 0.15) is 40.0 Å². The summed E-state index contributed by atoms with van der Waals surface area (Å²) in [6.45, 7) is 1.82. The molecule has 2 amide bonds. The van der Waals surface area contributed by atoms with E-state index < -0.39 is 11.7 Å². The molecule has 7 heteroatoms. The zero-order valence-electron chi connectivity index (χ0n) is 17.7. The zero-order valence-corrected chi connectivity index (χ0v) is 17.7. The van der Waals surface area contributed by atoms with E-state index in [0.717, 1.165) is 17.7 Å². The highest BCUT2D eigenvalue weighted by Crippen LogP contribution is 2.30. The van der Waals surface area contributed by atoms with Gasteiger partial charge in [0.05, 0.1) is 18.0 Å². The molecule has 3 rings (SSSR count). The molecule has 4 nitrogen and oxygen atoms in total. The minimum Gasteiger partial charge on any atom is -0.339 e. The molecule has 0 aliphatic heterocycles. The van der Waals surface area contributed by atoms with Crippen molar-refractivity contribution < 1.29 is 22.8 Å². The fourth-order valence-electron chi connectivity index (χ4n) is 3.27. The summed E-state index contributed by atoms with van der Waals surface area (Å²) in [4.78, 5) is 26.6. The van der Waals surface area contributed by atoms with Crippen LogP contribution < -0.4 is 5.32 Å². The Labute approximate surface area is 184 Å². The Morgan fingerprint density at radius 1 is 0.938 bits per heavy atom. The fourth-order valence-corrected chi connectivity index (χ4v) is 3.27. The van der Waals surface area contributed by atoms with E-state index in [1.54, 1.807) is 49.5 Å². The van der Waals surface area contributed by atoms with E-state index in [2.05, 4.69) is 5.32 Å². The minimum absolute atomic E-state index is 0.144. The molecular formula is C25H23F3N2O2. The van der Waals surface area contributed by atoms with Gasteiger partial charge in [0.25, 0.3) is 5.91 Å². The number of anilines is 1. The van der Waals surface area contributed by atoms with Crippen molar-refractivity contribution in [2.75, 3.05) is 12.4 Å². The van der Waals surface area contributed by atoms with Crippen molar-refractivity contribution in [1.82, 2.24) is 4.90 Å². The van der Waals surface area contributed by atoms with Crippen LogP contribution >= 0.6 is 0 Å². The average molecular weight is 440 g/mol. The van der Waals surface area contributed by atoms with Gasteiger partial charge in [0.2, 0.25) is 5.91 Å². The van der Waals surface area contributed by atoms with Crippen LogP contribution in [0.2, 0.25) is 0 Å². The van der Waals surface area contributed by atoms with E-state index >= 15 is 0 Å². The number of rotatable bonds is 6. The van der Waals surface area contributed by atoms with E-state index in [-0.39, 0.29) is 24.3 Å². The molecule has 1 N–H and O–H groups in total. The lowest BCUT2D eigenvalue weighted by molar-refractivity contribution is -0.138. The number of nitrogens with zero attached hydrogens (tertiary/aromatic N) is 1. The second-order valence-corrected chi connectivity index (χ2v) is 7.50. The van der Waals surface area contributed by atoms with Crippen molar-refractivity contribution in [1.29, 1.82) is 0 Å². The SMILES string of the molecule is CC(c1cccc(NC(=O)c2ccccc2)c1)N(C)C(=O)Cc1cccc(C(F)(F)F)c1. The molecule has 0 fully saturated rings. The van der Waals surface area contributed by atoms with E-state index in [9.17, 15) is 22.8 Å². The molecular weight excluding hydrogens is 417 g/mol. The van der Waals surface area contributed by atoms with Crippen LogP contribution in [0.15, 0.2) is 78.9 Å². The fraction of sp³-hybridized carbons (Fsp3) is 0.200. The van der Waals surface area contributed by atoms with Gasteiger partial charge in [0.15, 0.2) is 0 Å². The number of hydrogen-bond acceptors (Lipinski definition) is 2. The zero-order chi connectivity index (χ0) is 23.3. The molecule has 0 heterocycles. The molecule has 1 unspecified atom stereocenters. The van der Waals surface area contributed by atoms with Gasteiger partial charge in [0, 0.05) is 18.3 Å². The molecule has 3 aromatic rings. The normalized spacial score (nSPS) is 12.2. The van der Waals surface area contributed by atoms with Crippen LogP contribution in [0, 0.1) is 0 Å². The summed E-state index contributed by atoms with van der Waals surface area (Å²) < 4.78 is 38.8. The maximum Gasteiger partial charge on any atom is 0.416 e. The summed E-state index contributed by atoms with van der Waals surface area (Å²) in [6, 6.07) is 20.4. The Balaban J connectivity index is 1.69. The number of carbonyl (C=O) groups excluding carboxylic acids is 2. The van der Waals surface area contributed by atoms with E-state index in [1.807, 2.05) is 19.1 Å². The molecule has 0 aliphatic rings. The number of benzene rings is 3. The number of carbonyl (C=O) groups is 2. The second kappa shape index (κ2) is 9.68. The quantitative estimate of drug-likeness (QED) is 0.533. The maximum absolute atomic E-state index is 12.9. The van der Waals surface area contributed by atoms with Crippen molar-refractivity contribution in [3.05, 3.63) is 101 Å². The summed E-state index contributed by atoms with van der Waals surface area (Å²) in [6.07, 6.45) is -4.60. The highest BCUT2D eigenvalue weighted by Gasteiger charge is 2.30. The lowest BCUT2D eigenvalue weighted by atomic mass is 10.0. The Bertz CT molecular complexity index is 1100. The van der Waals surface area contributed by atoms with Gasteiger partial charge < -0.3 is 10.2 Å². The highest BCUT2D eigenvalue weighted by atomic mass is 19.4. The van der Waals surface area contributed by atoms with Gasteiger partial charge in [-0.15, -0.1) is 0 Å². The first-order valence-electron chi connectivity index (χ1n) is 10.0. The summed E-state index contributed by atoms with van der Waals surface area (Å²) in [5.74, 6) is -0.556. The van der Waals surface area contributed by atoms with Gasteiger partial charge in [-0.1, -0.05) is 48.5 Å². The van der Waals surface area contributed by atoms with Crippen LogP contribution in [-0.4, -0.2) is 23.8 Å². The molecule has 166 valence electrons. The molecule has 0 aromatic heterocycles. The van der Waals surface area contributed by atoms with Crippen LogP contribution in [0.3, 0.4) is 0 Å². The average Bonchev–Trinajstić information content (AvgIpc) is 2.78. The molecule has 32 heavy (non-hydrogen) atoms. The number of nitrogens with one attached hydrogen (secondary N) is 1. The molecule has 0 saturated carbocycles. The first-order valence-corrected chi connectivity index (χ1v) is 10.0. The van der Waals surface area contributed by atoms with Gasteiger partial charge in [-0.05, 0) is 48.4 Å². The van der Waals surface area contributed by atoms with Crippen LogP contribution in [-0.2, 0) is 17.4 Å². The van der Waals surface area contributed by atoms with Gasteiger partial charge in [-0.3, -0.25) is 9.59 Å². The predicted octanol–water partition coefficient (Wildman–Crippen LogP) is 5.72. The lowest BCUT2D eigenvalue weighted by Crippen LogP contribution is -2.31.